The molecule has 8 heteroatoms. The third-order valence-corrected chi connectivity index (χ3v) is 3.85. The van der Waals surface area contributed by atoms with E-state index < -0.39 is 10.0 Å². The molecule has 0 aliphatic heterocycles. The monoisotopic (exact) mass is 290 g/mol. The maximum absolute atomic E-state index is 11.9. The summed E-state index contributed by atoms with van der Waals surface area (Å²) in [5, 5.41) is 6.18. The SMILES string of the molecule is CC(C)COCCCNS(=O)(=O)c1[nH]ncc1CN. The van der Waals surface area contributed by atoms with E-state index in [-0.39, 0.29) is 11.6 Å². The van der Waals surface area contributed by atoms with Crippen molar-refractivity contribution in [1.82, 2.24) is 14.9 Å². The van der Waals surface area contributed by atoms with E-state index in [2.05, 4.69) is 28.8 Å². The Morgan fingerprint density at radius 1 is 1.53 bits per heavy atom. The molecule has 0 atom stereocenters. The van der Waals surface area contributed by atoms with Crippen LogP contribution in [0.3, 0.4) is 0 Å². The van der Waals surface area contributed by atoms with Crippen LogP contribution in [-0.4, -0.2) is 38.4 Å². The van der Waals surface area contributed by atoms with Gasteiger partial charge in [0.1, 0.15) is 0 Å². The van der Waals surface area contributed by atoms with Gasteiger partial charge in [-0.3, -0.25) is 5.10 Å². The van der Waals surface area contributed by atoms with E-state index in [9.17, 15) is 8.42 Å². The Bertz CT molecular complexity index is 470. The summed E-state index contributed by atoms with van der Waals surface area (Å²) in [6, 6.07) is 0. The van der Waals surface area contributed by atoms with E-state index in [1.807, 2.05) is 0 Å². The van der Waals surface area contributed by atoms with Crippen LogP contribution in [0.2, 0.25) is 0 Å². The standard InChI is InChI=1S/C11H22N4O3S/c1-9(2)8-18-5-3-4-14-19(16,17)11-10(6-12)7-13-15-11/h7,9,14H,3-6,8,12H2,1-2H3,(H,13,15). The van der Waals surface area contributed by atoms with Crippen molar-refractivity contribution < 1.29 is 13.2 Å². The maximum atomic E-state index is 11.9. The highest BCUT2D eigenvalue weighted by molar-refractivity contribution is 7.89. The fraction of sp³-hybridized carbons (Fsp3) is 0.727. The van der Waals surface area contributed by atoms with Crippen molar-refractivity contribution in [2.75, 3.05) is 19.8 Å². The Morgan fingerprint density at radius 2 is 2.26 bits per heavy atom. The number of hydrogen-bond donors (Lipinski definition) is 3. The number of nitrogens with zero attached hydrogens (tertiary/aromatic N) is 1. The molecule has 0 fully saturated rings. The number of hydrogen-bond acceptors (Lipinski definition) is 5. The predicted octanol–water partition coefficient (Wildman–Crippen LogP) is 0.209. The number of aromatic amines is 1. The molecule has 1 rings (SSSR count). The van der Waals surface area contributed by atoms with Crippen molar-refractivity contribution in [2.45, 2.75) is 31.8 Å². The third-order valence-electron chi connectivity index (χ3n) is 2.38. The van der Waals surface area contributed by atoms with Crippen molar-refractivity contribution in [3.05, 3.63) is 11.8 Å². The van der Waals surface area contributed by atoms with Gasteiger partial charge in [0.2, 0.25) is 0 Å². The molecule has 0 aliphatic carbocycles. The summed E-state index contributed by atoms with van der Waals surface area (Å²) >= 11 is 0. The Balaban J connectivity index is 2.36. The lowest BCUT2D eigenvalue weighted by molar-refractivity contribution is 0.108. The van der Waals surface area contributed by atoms with Crippen molar-refractivity contribution in [2.24, 2.45) is 11.7 Å². The summed E-state index contributed by atoms with van der Waals surface area (Å²) in [7, 11) is -3.57. The van der Waals surface area contributed by atoms with Gasteiger partial charge in [-0.05, 0) is 12.3 Å². The number of rotatable bonds is 9. The van der Waals surface area contributed by atoms with Crippen LogP contribution in [0.5, 0.6) is 0 Å². The first-order chi connectivity index (χ1) is 8.97. The zero-order valence-electron chi connectivity index (χ0n) is 11.3. The highest BCUT2D eigenvalue weighted by Gasteiger charge is 2.19. The van der Waals surface area contributed by atoms with Crippen LogP contribution in [0.15, 0.2) is 11.2 Å². The molecule has 0 radical (unpaired) electrons. The molecule has 0 bridgehead atoms. The maximum Gasteiger partial charge on any atom is 0.257 e. The normalized spacial score (nSPS) is 12.2. The Morgan fingerprint density at radius 3 is 2.89 bits per heavy atom. The molecular formula is C11H22N4O3S. The van der Waals surface area contributed by atoms with E-state index >= 15 is 0 Å². The molecule has 19 heavy (non-hydrogen) atoms. The Labute approximate surface area is 114 Å². The highest BCUT2D eigenvalue weighted by atomic mass is 32.2. The molecule has 110 valence electrons. The largest absolute Gasteiger partial charge is 0.381 e. The lowest BCUT2D eigenvalue weighted by Crippen LogP contribution is -2.27. The zero-order valence-corrected chi connectivity index (χ0v) is 12.2. The van der Waals surface area contributed by atoms with Gasteiger partial charge in [-0.1, -0.05) is 13.8 Å². The lowest BCUT2D eigenvalue weighted by atomic mass is 10.2. The minimum atomic E-state index is -3.57. The average Bonchev–Trinajstić information content (AvgIpc) is 2.82. The van der Waals surface area contributed by atoms with Crippen molar-refractivity contribution >= 4 is 10.0 Å². The molecule has 1 aromatic heterocycles. The van der Waals surface area contributed by atoms with Crippen LogP contribution in [0.25, 0.3) is 0 Å². The molecule has 1 heterocycles. The molecule has 7 nitrogen and oxygen atoms in total. The van der Waals surface area contributed by atoms with Crippen LogP contribution in [0.1, 0.15) is 25.8 Å². The quantitative estimate of drug-likeness (QED) is 0.563. The Kier molecular flexibility index (Phi) is 6.43. The summed E-state index contributed by atoms with van der Waals surface area (Å²) < 4.78 is 31.7. The molecule has 0 unspecified atom stereocenters. The second kappa shape index (κ2) is 7.59. The van der Waals surface area contributed by atoms with Crippen molar-refractivity contribution in [3.63, 3.8) is 0 Å². The van der Waals surface area contributed by atoms with E-state index in [4.69, 9.17) is 10.5 Å². The molecule has 0 aromatic carbocycles. The molecule has 0 saturated heterocycles. The van der Waals surface area contributed by atoms with Gasteiger partial charge < -0.3 is 10.5 Å². The minimum Gasteiger partial charge on any atom is -0.381 e. The Hall–Kier alpha value is -0.960. The first-order valence-electron chi connectivity index (χ1n) is 6.27. The van der Waals surface area contributed by atoms with Gasteiger partial charge >= 0.3 is 0 Å². The van der Waals surface area contributed by atoms with Crippen molar-refractivity contribution in [1.29, 1.82) is 0 Å². The molecule has 0 saturated carbocycles. The average molecular weight is 290 g/mol. The summed E-state index contributed by atoms with van der Waals surface area (Å²) in [5.41, 5.74) is 5.92. The second-order valence-electron chi connectivity index (χ2n) is 4.65. The van der Waals surface area contributed by atoms with Gasteiger partial charge in [-0.25, -0.2) is 13.1 Å². The summed E-state index contributed by atoms with van der Waals surface area (Å²) in [5.74, 6) is 0.480. The van der Waals surface area contributed by atoms with Crippen molar-refractivity contribution in [3.8, 4) is 0 Å². The van der Waals surface area contributed by atoms with E-state index in [0.29, 0.717) is 37.7 Å². The first-order valence-corrected chi connectivity index (χ1v) is 7.75. The van der Waals surface area contributed by atoms with E-state index in [0.717, 1.165) is 0 Å². The van der Waals surface area contributed by atoms with Gasteiger partial charge in [0.05, 0.1) is 6.20 Å². The minimum absolute atomic E-state index is 0.0399. The molecule has 1 aromatic rings. The summed E-state index contributed by atoms with van der Waals surface area (Å²) in [6.07, 6.45) is 2.04. The lowest BCUT2D eigenvalue weighted by Gasteiger charge is -2.08. The van der Waals surface area contributed by atoms with Gasteiger partial charge in [-0.15, -0.1) is 0 Å². The number of ether oxygens (including phenoxy) is 1. The van der Waals surface area contributed by atoms with Gasteiger partial charge in [0.25, 0.3) is 10.0 Å². The first kappa shape index (κ1) is 16.1. The predicted molar refractivity (Wildman–Crippen MR) is 71.9 cm³/mol. The molecular weight excluding hydrogens is 268 g/mol. The van der Waals surface area contributed by atoms with Crippen LogP contribution in [0.4, 0.5) is 0 Å². The number of aromatic nitrogens is 2. The topological polar surface area (TPSA) is 110 Å². The van der Waals surface area contributed by atoms with Gasteiger partial charge in [0, 0.05) is 31.9 Å². The van der Waals surface area contributed by atoms with E-state index in [1.54, 1.807) is 0 Å². The molecule has 0 amide bonds. The summed E-state index contributed by atoms with van der Waals surface area (Å²) in [6.45, 7) is 5.80. The fourth-order valence-electron chi connectivity index (χ4n) is 1.45. The van der Waals surface area contributed by atoms with Gasteiger partial charge in [-0.2, -0.15) is 5.10 Å². The number of H-pyrrole nitrogens is 1. The van der Waals surface area contributed by atoms with E-state index in [1.165, 1.54) is 6.20 Å². The number of nitrogens with two attached hydrogens (primary N) is 1. The zero-order chi connectivity index (χ0) is 14.3. The highest BCUT2D eigenvalue weighted by Crippen LogP contribution is 2.10. The second-order valence-corrected chi connectivity index (χ2v) is 6.35. The number of nitrogens with one attached hydrogen (secondary N) is 2. The molecule has 4 N–H and O–H groups in total. The summed E-state index contributed by atoms with van der Waals surface area (Å²) in [4.78, 5) is 0. The van der Waals surface area contributed by atoms with Crippen LogP contribution >= 0.6 is 0 Å². The van der Waals surface area contributed by atoms with Gasteiger partial charge in [0.15, 0.2) is 5.03 Å². The molecule has 0 aliphatic rings. The smallest absolute Gasteiger partial charge is 0.257 e. The fourth-order valence-corrected chi connectivity index (χ4v) is 2.66. The van der Waals surface area contributed by atoms with Crippen LogP contribution < -0.4 is 10.5 Å². The van der Waals surface area contributed by atoms with Crippen LogP contribution in [-0.2, 0) is 21.3 Å². The number of sulfonamides is 1. The third kappa shape index (κ3) is 5.27. The molecule has 0 spiro atoms. The van der Waals surface area contributed by atoms with Crippen LogP contribution in [0, 0.1) is 5.92 Å².